The molecule has 4 heterocycles. The lowest BCUT2D eigenvalue weighted by Crippen LogP contribution is -2.37. The number of nitrogens with zero attached hydrogens (tertiary/aromatic N) is 3. The molecule has 1 atom stereocenters. The Morgan fingerprint density at radius 2 is 2.11 bits per heavy atom. The number of anilines is 1. The minimum atomic E-state index is -0.178. The molecule has 0 aliphatic carbocycles. The molecule has 5 nitrogen and oxygen atoms in total. The van der Waals surface area contributed by atoms with Crippen LogP contribution in [0.3, 0.4) is 0 Å². The van der Waals surface area contributed by atoms with Crippen molar-refractivity contribution in [1.29, 1.82) is 0 Å². The lowest BCUT2D eigenvalue weighted by Gasteiger charge is -2.24. The summed E-state index contributed by atoms with van der Waals surface area (Å²) < 4.78 is 5.61. The molecule has 0 N–H and O–H groups in total. The number of benzene rings is 1. The number of carbonyl (C=O) groups excluding carboxylic acids is 1. The molecule has 0 spiro atoms. The van der Waals surface area contributed by atoms with Crippen LogP contribution in [0.2, 0.25) is 0 Å². The Balaban J connectivity index is 1.41. The van der Waals surface area contributed by atoms with E-state index in [1.807, 2.05) is 35.7 Å². The molecule has 6 heteroatoms. The van der Waals surface area contributed by atoms with Gasteiger partial charge < -0.3 is 9.32 Å². The highest BCUT2D eigenvalue weighted by atomic mass is 32.1. The van der Waals surface area contributed by atoms with Gasteiger partial charge in [0.05, 0.1) is 23.4 Å². The zero-order valence-corrected chi connectivity index (χ0v) is 15.6. The molecule has 0 bridgehead atoms. The lowest BCUT2D eigenvalue weighted by atomic mass is 10.1. The minimum absolute atomic E-state index is 0.000316. The van der Waals surface area contributed by atoms with Crippen molar-refractivity contribution in [2.45, 2.75) is 18.9 Å². The number of thiophene rings is 1. The van der Waals surface area contributed by atoms with Crippen molar-refractivity contribution in [2.24, 2.45) is 5.10 Å². The molecule has 3 aromatic rings. The number of furan rings is 1. The van der Waals surface area contributed by atoms with Crippen molar-refractivity contribution in [3.63, 3.8) is 0 Å². The predicted molar refractivity (Wildman–Crippen MR) is 106 cm³/mol. The molecule has 0 unspecified atom stereocenters. The summed E-state index contributed by atoms with van der Waals surface area (Å²) in [5.41, 5.74) is 3.40. The van der Waals surface area contributed by atoms with Crippen LogP contribution < -0.4 is 4.90 Å². The number of hydrazone groups is 1. The number of carbonyl (C=O) groups is 1. The molecule has 0 saturated heterocycles. The van der Waals surface area contributed by atoms with E-state index >= 15 is 0 Å². The Kier molecular flexibility index (Phi) is 4.05. The molecule has 27 heavy (non-hydrogen) atoms. The lowest BCUT2D eigenvalue weighted by molar-refractivity contribution is -0.131. The largest absolute Gasteiger partial charge is 0.467 e. The summed E-state index contributed by atoms with van der Waals surface area (Å²) in [4.78, 5) is 16.4. The summed E-state index contributed by atoms with van der Waals surface area (Å²) in [6.45, 7) is 1.20. The topological polar surface area (TPSA) is 49.1 Å². The van der Waals surface area contributed by atoms with E-state index in [2.05, 4.69) is 23.1 Å². The van der Waals surface area contributed by atoms with E-state index in [-0.39, 0.29) is 11.9 Å². The Hall–Kier alpha value is -2.86. The van der Waals surface area contributed by atoms with Gasteiger partial charge in [0, 0.05) is 18.7 Å². The Labute approximate surface area is 161 Å². The van der Waals surface area contributed by atoms with Crippen LogP contribution in [0.5, 0.6) is 0 Å². The number of amides is 1. The maximum absolute atomic E-state index is 13.2. The van der Waals surface area contributed by atoms with Gasteiger partial charge in [-0.1, -0.05) is 24.3 Å². The van der Waals surface area contributed by atoms with Gasteiger partial charge in [-0.05, 0) is 41.6 Å². The SMILES string of the molecule is O=C(CN1CCc2ccccc21)N1N=C(c2cccs2)C[C@H]1c1ccco1. The maximum Gasteiger partial charge on any atom is 0.262 e. The van der Waals surface area contributed by atoms with Gasteiger partial charge in [-0.2, -0.15) is 5.10 Å². The van der Waals surface area contributed by atoms with E-state index in [1.165, 1.54) is 5.56 Å². The van der Waals surface area contributed by atoms with Crippen LogP contribution in [-0.2, 0) is 11.2 Å². The highest BCUT2D eigenvalue weighted by molar-refractivity contribution is 7.12. The van der Waals surface area contributed by atoms with Crippen LogP contribution in [0.4, 0.5) is 5.69 Å². The van der Waals surface area contributed by atoms with E-state index < -0.39 is 0 Å². The fourth-order valence-corrected chi connectivity index (χ4v) is 4.56. The normalized spacial score (nSPS) is 18.7. The van der Waals surface area contributed by atoms with E-state index in [0.29, 0.717) is 13.0 Å². The monoisotopic (exact) mass is 377 g/mol. The van der Waals surface area contributed by atoms with E-state index in [0.717, 1.165) is 35.0 Å². The van der Waals surface area contributed by atoms with Crippen LogP contribution in [0.15, 0.2) is 69.7 Å². The Bertz CT molecular complexity index is 979. The second-order valence-electron chi connectivity index (χ2n) is 6.80. The summed E-state index contributed by atoms with van der Waals surface area (Å²) in [6, 6.07) is 16.0. The zero-order valence-electron chi connectivity index (χ0n) is 14.7. The molecule has 0 saturated carbocycles. The Morgan fingerprint density at radius 3 is 2.93 bits per heavy atom. The summed E-state index contributed by atoms with van der Waals surface area (Å²) in [6.07, 6.45) is 3.31. The number of para-hydroxylation sites is 1. The van der Waals surface area contributed by atoms with Crippen molar-refractivity contribution in [3.8, 4) is 0 Å². The number of fused-ring (bicyclic) bond motifs is 1. The van der Waals surface area contributed by atoms with Crippen molar-refractivity contribution in [2.75, 3.05) is 18.0 Å². The fourth-order valence-electron chi connectivity index (χ4n) is 3.84. The quantitative estimate of drug-likeness (QED) is 0.688. The van der Waals surface area contributed by atoms with Gasteiger partial charge in [-0.3, -0.25) is 4.79 Å². The standard InChI is InChI=1S/C21H19N3O2S/c25-21(14-23-10-9-15-5-1-2-6-17(15)23)24-18(19-7-3-11-26-19)13-16(22-24)20-8-4-12-27-20/h1-8,11-12,18H,9-10,13-14H2/t18-/m0/s1. The number of rotatable bonds is 4. The summed E-state index contributed by atoms with van der Waals surface area (Å²) in [5.74, 6) is 0.778. The smallest absolute Gasteiger partial charge is 0.262 e. The van der Waals surface area contributed by atoms with Crippen molar-refractivity contribution in [3.05, 3.63) is 76.4 Å². The first-order valence-electron chi connectivity index (χ1n) is 9.09. The third kappa shape index (κ3) is 2.96. The van der Waals surface area contributed by atoms with Gasteiger partial charge >= 0.3 is 0 Å². The summed E-state index contributed by atoms with van der Waals surface area (Å²) in [7, 11) is 0. The fraction of sp³-hybridized carbons (Fsp3) is 0.238. The molecule has 2 aliphatic heterocycles. The molecule has 0 fully saturated rings. The third-order valence-corrected chi connectivity index (χ3v) is 6.07. The molecule has 1 amide bonds. The van der Waals surface area contributed by atoms with Crippen LogP contribution in [0, 0.1) is 0 Å². The third-order valence-electron chi connectivity index (χ3n) is 5.15. The first-order chi connectivity index (χ1) is 13.3. The summed E-state index contributed by atoms with van der Waals surface area (Å²) in [5, 5.41) is 8.34. The van der Waals surface area contributed by atoms with Gasteiger partial charge in [-0.15, -0.1) is 11.3 Å². The van der Waals surface area contributed by atoms with Crippen molar-refractivity contribution in [1.82, 2.24) is 5.01 Å². The highest BCUT2D eigenvalue weighted by Gasteiger charge is 2.36. The van der Waals surface area contributed by atoms with E-state index in [1.54, 1.807) is 22.6 Å². The summed E-state index contributed by atoms with van der Waals surface area (Å²) >= 11 is 1.65. The second-order valence-corrected chi connectivity index (χ2v) is 7.75. The molecule has 0 radical (unpaired) electrons. The number of hydrogen-bond donors (Lipinski definition) is 0. The zero-order chi connectivity index (χ0) is 18.2. The van der Waals surface area contributed by atoms with Gasteiger partial charge in [-0.25, -0.2) is 5.01 Å². The van der Waals surface area contributed by atoms with Gasteiger partial charge in [0.1, 0.15) is 11.8 Å². The van der Waals surface area contributed by atoms with Gasteiger partial charge in [0.25, 0.3) is 5.91 Å². The molecule has 2 aromatic heterocycles. The van der Waals surface area contributed by atoms with Gasteiger partial charge in [0.2, 0.25) is 0 Å². The Morgan fingerprint density at radius 1 is 1.19 bits per heavy atom. The van der Waals surface area contributed by atoms with Crippen LogP contribution >= 0.6 is 11.3 Å². The molecule has 5 rings (SSSR count). The van der Waals surface area contributed by atoms with E-state index in [9.17, 15) is 4.79 Å². The minimum Gasteiger partial charge on any atom is -0.467 e. The number of hydrogen-bond acceptors (Lipinski definition) is 5. The average Bonchev–Trinajstić information content (AvgIpc) is 3.47. The van der Waals surface area contributed by atoms with E-state index in [4.69, 9.17) is 9.52 Å². The molecule has 1 aromatic carbocycles. The van der Waals surface area contributed by atoms with Crippen molar-refractivity contribution >= 4 is 28.6 Å². The highest BCUT2D eigenvalue weighted by Crippen LogP contribution is 2.35. The molecule has 2 aliphatic rings. The van der Waals surface area contributed by atoms with Crippen molar-refractivity contribution < 1.29 is 9.21 Å². The van der Waals surface area contributed by atoms with Crippen LogP contribution in [0.1, 0.15) is 28.7 Å². The molecule has 136 valence electrons. The van der Waals surface area contributed by atoms with Gasteiger partial charge in [0.15, 0.2) is 0 Å². The van der Waals surface area contributed by atoms with Crippen LogP contribution in [-0.4, -0.2) is 29.7 Å². The molecular weight excluding hydrogens is 358 g/mol. The first-order valence-corrected chi connectivity index (χ1v) is 9.97. The average molecular weight is 377 g/mol. The van der Waals surface area contributed by atoms with Crippen LogP contribution in [0.25, 0.3) is 0 Å². The maximum atomic E-state index is 13.2. The first kappa shape index (κ1) is 16.3. The molecular formula is C21H19N3O2S. The second kappa shape index (κ2) is 6.70. The predicted octanol–water partition coefficient (Wildman–Crippen LogP) is 4.08.